The number of hydrogen-bond acceptors (Lipinski definition) is 6. The van der Waals surface area contributed by atoms with Gasteiger partial charge in [0.25, 0.3) is 0 Å². The quantitative estimate of drug-likeness (QED) is 0.692. The maximum Gasteiger partial charge on any atom is 0.310 e. The van der Waals surface area contributed by atoms with Crippen LogP contribution >= 0.6 is 0 Å². The Hall–Kier alpha value is -1.50. The predicted molar refractivity (Wildman–Crippen MR) is 63.5 cm³/mol. The Morgan fingerprint density at radius 3 is 3.11 bits per heavy atom. The zero-order valence-electron chi connectivity index (χ0n) is 10.9. The van der Waals surface area contributed by atoms with Crippen molar-refractivity contribution in [1.29, 1.82) is 0 Å². The molecule has 1 aromatic rings. The number of esters is 1. The average molecular weight is 253 g/mol. The molecule has 1 aliphatic heterocycles. The second kappa shape index (κ2) is 5.90. The number of aromatic nitrogens is 4. The van der Waals surface area contributed by atoms with Gasteiger partial charge in [-0.3, -0.25) is 9.69 Å². The molecule has 0 radical (unpaired) electrons. The lowest BCUT2D eigenvalue weighted by atomic mass is 10.1. The Kier molecular flexibility index (Phi) is 4.24. The van der Waals surface area contributed by atoms with Crippen molar-refractivity contribution >= 4 is 5.97 Å². The van der Waals surface area contributed by atoms with Crippen molar-refractivity contribution in [3.63, 3.8) is 0 Å². The molecular weight excluding hydrogens is 234 g/mol. The highest BCUT2D eigenvalue weighted by atomic mass is 16.5. The number of rotatable bonds is 5. The van der Waals surface area contributed by atoms with Crippen LogP contribution < -0.4 is 0 Å². The lowest BCUT2D eigenvalue weighted by Gasteiger charge is -2.14. The zero-order chi connectivity index (χ0) is 13.0. The van der Waals surface area contributed by atoms with Crippen LogP contribution in [0, 0.1) is 5.92 Å². The smallest absolute Gasteiger partial charge is 0.310 e. The summed E-state index contributed by atoms with van der Waals surface area (Å²) in [4.78, 5) is 13.6. The number of nitrogens with zero attached hydrogens (tertiary/aromatic N) is 5. The Morgan fingerprint density at radius 1 is 1.56 bits per heavy atom. The number of aryl methyl sites for hydroxylation is 1. The molecule has 1 aliphatic rings. The molecule has 7 heteroatoms. The Morgan fingerprint density at radius 2 is 2.39 bits per heavy atom. The second-order valence-corrected chi connectivity index (χ2v) is 4.56. The van der Waals surface area contributed by atoms with Gasteiger partial charge in [-0.1, -0.05) is 6.92 Å². The van der Waals surface area contributed by atoms with Crippen molar-refractivity contribution < 1.29 is 9.53 Å². The summed E-state index contributed by atoms with van der Waals surface area (Å²) in [5, 5.41) is 11.7. The average Bonchev–Trinajstić information content (AvgIpc) is 3.00. The molecular formula is C11H19N5O2. The summed E-state index contributed by atoms with van der Waals surface area (Å²) in [6.07, 6.45) is 1.85. The van der Waals surface area contributed by atoms with Crippen LogP contribution in [-0.2, 0) is 22.6 Å². The van der Waals surface area contributed by atoms with E-state index in [0.29, 0.717) is 6.54 Å². The van der Waals surface area contributed by atoms with Crippen LogP contribution in [0.2, 0.25) is 0 Å². The fourth-order valence-corrected chi connectivity index (χ4v) is 2.26. The van der Waals surface area contributed by atoms with Crippen LogP contribution in [0.25, 0.3) is 0 Å². The number of ether oxygens (including phenoxy) is 1. The minimum atomic E-state index is -0.120. The largest absolute Gasteiger partial charge is 0.469 e. The molecule has 0 N–H and O–H groups in total. The fourth-order valence-electron chi connectivity index (χ4n) is 2.26. The van der Waals surface area contributed by atoms with Gasteiger partial charge in [0.05, 0.1) is 19.6 Å². The Balaban J connectivity index is 1.91. The molecule has 1 saturated heterocycles. The highest BCUT2D eigenvalue weighted by Crippen LogP contribution is 2.18. The van der Waals surface area contributed by atoms with E-state index in [1.54, 1.807) is 0 Å². The summed E-state index contributed by atoms with van der Waals surface area (Å²) >= 11 is 0. The van der Waals surface area contributed by atoms with E-state index in [-0.39, 0.29) is 11.9 Å². The van der Waals surface area contributed by atoms with Crippen LogP contribution in [0.5, 0.6) is 0 Å². The molecule has 2 heterocycles. The van der Waals surface area contributed by atoms with E-state index in [4.69, 9.17) is 4.74 Å². The highest BCUT2D eigenvalue weighted by Gasteiger charge is 2.29. The van der Waals surface area contributed by atoms with E-state index in [1.165, 1.54) is 7.11 Å². The number of tetrazole rings is 1. The molecule has 1 aromatic heterocycles. The molecule has 100 valence electrons. The van der Waals surface area contributed by atoms with E-state index < -0.39 is 0 Å². The summed E-state index contributed by atoms with van der Waals surface area (Å²) in [6, 6.07) is 0. The van der Waals surface area contributed by atoms with Crippen molar-refractivity contribution in [2.75, 3.05) is 20.2 Å². The molecule has 0 bridgehead atoms. The van der Waals surface area contributed by atoms with Gasteiger partial charge in [-0.2, -0.15) is 0 Å². The monoisotopic (exact) mass is 253 g/mol. The van der Waals surface area contributed by atoms with Crippen molar-refractivity contribution in [2.24, 2.45) is 5.92 Å². The van der Waals surface area contributed by atoms with Crippen molar-refractivity contribution in [3.8, 4) is 0 Å². The predicted octanol–water partition coefficient (Wildman–Crippen LogP) is 0.0780. The van der Waals surface area contributed by atoms with Gasteiger partial charge in [0, 0.05) is 13.1 Å². The summed E-state index contributed by atoms with van der Waals surface area (Å²) in [7, 11) is 1.44. The molecule has 1 fully saturated rings. The third-order valence-corrected chi connectivity index (χ3v) is 3.21. The first kappa shape index (κ1) is 12.9. The number of likely N-dealkylation sites (tertiary alicyclic amines) is 1. The van der Waals surface area contributed by atoms with Gasteiger partial charge in [0.2, 0.25) is 0 Å². The van der Waals surface area contributed by atoms with Crippen molar-refractivity contribution in [2.45, 2.75) is 32.9 Å². The van der Waals surface area contributed by atoms with E-state index in [0.717, 1.165) is 38.3 Å². The van der Waals surface area contributed by atoms with Gasteiger partial charge in [-0.25, -0.2) is 4.68 Å². The molecule has 1 atom stereocenters. The van der Waals surface area contributed by atoms with E-state index in [1.807, 2.05) is 4.68 Å². The number of hydrogen-bond donors (Lipinski definition) is 0. The molecule has 0 amide bonds. The van der Waals surface area contributed by atoms with E-state index in [2.05, 4.69) is 27.3 Å². The first-order valence-corrected chi connectivity index (χ1v) is 6.29. The second-order valence-electron chi connectivity index (χ2n) is 4.56. The topological polar surface area (TPSA) is 73.1 Å². The summed E-state index contributed by atoms with van der Waals surface area (Å²) in [6.45, 7) is 5.23. The van der Waals surface area contributed by atoms with Gasteiger partial charge >= 0.3 is 5.97 Å². The number of methoxy groups -OCH3 is 1. The fraction of sp³-hybridized carbons (Fsp3) is 0.818. The van der Waals surface area contributed by atoms with Crippen molar-refractivity contribution in [1.82, 2.24) is 25.1 Å². The molecule has 0 spiro atoms. The Bertz CT molecular complexity index is 406. The van der Waals surface area contributed by atoms with Crippen LogP contribution in [0.3, 0.4) is 0 Å². The van der Waals surface area contributed by atoms with Crippen molar-refractivity contribution in [3.05, 3.63) is 5.82 Å². The van der Waals surface area contributed by atoms with Gasteiger partial charge < -0.3 is 4.74 Å². The maximum atomic E-state index is 11.4. The SMILES string of the molecule is CCCn1nnnc1CN1CCC(C(=O)OC)C1. The molecule has 2 rings (SSSR count). The van der Waals surface area contributed by atoms with E-state index >= 15 is 0 Å². The minimum absolute atomic E-state index is 0.00879. The van der Waals surface area contributed by atoms with Gasteiger partial charge in [-0.05, 0) is 29.8 Å². The lowest BCUT2D eigenvalue weighted by molar-refractivity contribution is -0.144. The van der Waals surface area contributed by atoms with Crippen LogP contribution in [0.4, 0.5) is 0 Å². The van der Waals surface area contributed by atoms with Crippen LogP contribution in [-0.4, -0.2) is 51.3 Å². The Labute approximate surface area is 106 Å². The lowest BCUT2D eigenvalue weighted by Crippen LogP contribution is -2.25. The highest BCUT2D eigenvalue weighted by molar-refractivity contribution is 5.72. The third-order valence-electron chi connectivity index (χ3n) is 3.21. The molecule has 1 unspecified atom stereocenters. The first-order valence-electron chi connectivity index (χ1n) is 6.29. The maximum absolute atomic E-state index is 11.4. The standard InChI is InChI=1S/C11H19N5O2/c1-3-5-16-10(12-13-14-16)8-15-6-4-9(7-15)11(17)18-2/h9H,3-8H2,1-2H3. The summed E-state index contributed by atoms with van der Waals surface area (Å²) < 4.78 is 6.59. The normalized spacial score (nSPS) is 20.2. The minimum Gasteiger partial charge on any atom is -0.469 e. The zero-order valence-corrected chi connectivity index (χ0v) is 10.9. The molecule has 0 saturated carbocycles. The van der Waals surface area contributed by atoms with E-state index in [9.17, 15) is 4.79 Å². The van der Waals surface area contributed by atoms with Gasteiger partial charge in [0.1, 0.15) is 0 Å². The summed E-state index contributed by atoms with van der Waals surface area (Å²) in [5.41, 5.74) is 0. The molecule has 0 aliphatic carbocycles. The molecule has 0 aromatic carbocycles. The third kappa shape index (κ3) is 2.84. The first-order chi connectivity index (χ1) is 8.74. The van der Waals surface area contributed by atoms with Gasteiger partial charge in [-0.15, -0.1) is 5.10 Å². The summed E-state index contributed by atoms with van der Waals surface area (Å²) in [5.74, 6) is 0.735. The molecule has 18 heavy (non-hydrogen) atoms. The molecule has 7 nitrogen and oxygen atoms in total. The van der Waals surface area contributed by atoms with Crippen LogP contribution in [0.1, 0.15) is 25.6 Å². The van der Waals surface area contributed by atoms with Gasteiger partial charge in [0.15, 0.2) is 5.82 Å². The number of carbonyl (C=O) groups excluding carboxylic acids is 1. The number of carbonyl (C=O) groups is 1. The van der Waals surface area contributed by atoms with Crippen LogP contribution in [0.15, 0.2) is 0 Å².